The molecular formula is C7H2Cl2F3N3. The van der Waals surface area contributed by atoms with Crippen LogP contribution >= 0.6 is 23.2 Å². The molecular weight excluding hydrogens is 254 g/mol. The molecule has 0 aliphatic rings. The Morgan fingerprint density at radius 2 is 1.67 bits per heavy atom. The smallest absolute Gasteiger partial charge is 0.166 e. The molecule has 8 heteroatoms. The summed E-state index contributed by atoms with van der Waals surface area (Å²) >= 11 is 10.9. The molecule has 0 aromatic heterocycles. The Bertz CT molecular complexity index is 415. The summed E-state index contributed by atoms with van der Waals surface area (Å²) in [5.41, 5.74) is 6.91. The van der Waals surface area contributed by atoms with Crippen LogP contribution in [0.3, 0.4) is 0 Å². The first-order chi connectivity index (χ1) is 6.86. The fraction of sp³-hybridized carbons (Fsp3) is 0.143. The molecule has 0 spiro atoms. The highest BCUT2D eigenvalue weighted by Crippen LogP contribution is 2.39. The third-order valence-electron chi connectivity index (χ3n) is 1.49. The molecule has 0 radical (unpaired) electrons. The lowest BCUT2D eigenvalue weighted by molar-refractivity contribution is -0.137. The molecule has 15 heavy (non-hydrogen) atoms. The molecule has 0 fully saturated rings. The van der Waals surface area contributed by atoms with E-state index in [9.17, 15) is 13.2 Å². The van der Waals surface area contributed by atoms with Crippen LogP contribution in [0.25, 0.3) is 10.4 Å². The molecule has 0 heterocycles. The van der Waals surface area contributed by atoms with Crippen LogP contribution in [0.2, 0.25) is 10.0 Å². The maximum atomic E-state index is 12.2. The quantitative estimate of drug-likeness (QED) is 0.387. The van der Waals surface area contributed by atoms with Gasteiger partial charge in [-0.05, 0) is 17.7 Å². The minimum atomic E-state index is -4.54. The van der Waals surface area contributed by atoms with E-state index < -0.39 is 11.7 Å². The number of alkyl halides is 3. The van der Waals surface area contributed by atoms with Crippen LogP contribution < -0.4 is 0 Å². The van der Waals surface area contributed by atoms with E-state index in [-0.39, 0.29) is 15.7 Å². The summed E-state index contributed by atoms with van der Waals surface area (Å²) in [6, 6.07) is 1.30. The number of azide groups is 1. The second-order valence-corrected chi connectivity index (χ2v) is 3.29. The zero-order valence-corrected chi connectivity index (χ0v) is 8.40. The SMILES string of the molecule is [N-]=[N+]=Nc1c(Cl)cc(C(F)(F)F)cc1Cl. The lowest BCUT2D eigenvalue weighted by Crippen LogP contribution is -2.04. The van der Waals surface area contributed by atoms with Gasteiger partial charge in [0, 0.05) is 4.91 Å². The summed E-state index contributed by atoms with van der Waals surface area (Å²) in [6.45, 7) is 0. The number of rotatable bonds is 1. The Hall–Kier alpha value is -1.10. The molecule has 0 N–H and O–H groups in total. The van der Waals surface area contributed by atoms with E-state index in [1.807, 2.05) is 0 Å². The van der Waals surface area contributed by atoms with Crippen LogP contribution in [0.5, 0.6) is 0 Å². The van der Waals surface area contributed by atoms with Gasteiger partial charge in [-0.3, -0.25) is 0 Å². The van der Waals surface area contributed by atoms with E-state index in [4.69, 9.17) is 28.7 Å². The van der Waals surface area contributed by atoms with Gasteiger partial charge in [0.05, 0.1) is 21.3 Å². The van der Waals surface area contributed by atoms with E-state index in [1.54, 1.807) is 0 Å². The van der Waals surface area contributed by atoms with Gasteiger partial charge >= 0.3 is 6.18 Å². The maximum Gasteiger partial charge on any atom is 0.416 e. The second-order valence-electron chi connectivity index (χ2n) is 2.48. The fourth-order valence-electron chi connectivity index (χ4n) is 0.869. The van der Waals surface area contributed by atoms with Crippen LogP contribution in [0, 0.1) is 0 Å². The first-order valence-corrected chi connectivity index (χ1v) is 4.23. The van der Waals surface area contributed by atoms with E-state index >= 15 is 0 Å². The topological polar surface area (TPSA) is 48.8 Å². The minimum Gasteiger partial charge on any atom is -0.166 e. The summed E-state index contributed by atoms with van der Waals surface area (Å²) in [7, 11) is 0. The first kappa shape index (κ1) is 12.0. The van der Waals surface area contributed by atoms with Crippen molar-refractivity contribution >= 4 is 28.9 Å². The van der Waals surface area contributed by atoms with Gasteiger partial charge in [0.2, 0.25) is 0 Å². The summed E-state index contributed by atoms with van der Waals surface area (Å²) in [6.07, 6.45) is -4.54. The number of halogens is 5. The van der Waals surface area contributed by atoms with Crippen molar-refractivity contribution in [2.24, 2.45) is 5.11 Å². The van der Waals surface area contributed by atoms with Crippen molar-refractivity contribution in [3.63, 3.8) is 0 Å². The highest BCUT2D eigenvalue weighted by atomic mass is 35.5. The number of hydrogen-bond acceptors (Lipinski definition) is 1. The number of benzene rings is 1. The van der Waals surface area contributed by atoms with Gasteiger partial charge in [-0.25, -0.2) is 0 Å². The van der Waals surface area contributed by atoms with Crippen molar-refractivity contribution in [1.29, 1.82) is 0 Å². The van der Waals surface area contributed by atoms with Gasteiger partial charge in [0.15, 0.2) is 0 Å². The number of nitrogens with zero attached hydrogens (tertiary/aromatic N) is 3. The van der Waals surface area contributed by atoms with Gasteiger partial charge < -0.3 is 0 Å². The molecule has 0 amide bonds. The molecule has 0 saturated heterocycles. The van der Waals surface area contributed by atoms with Crippen molar-refractivity contribution in [3.8, 4) is 0 Å². The molecule has 1 rings (SSSR count). The second kappa shape index (κ2) is 4.18. The molecule has 0 atom stereocenters. The van der Waals surface area contributed by atoms with E-state index in [0.29, 0.717) is 12.1 Å². The van der Waals surface area contributed by atoms with Crippen molar-refractivity contribution in [2.45, 2.75) is 6.18 Å². The normalized spacial score (nSPS) is 11.0. The largest absolute Gasteiger partial charge is 0.416 e. The Balaban J connectivity index is 3.38. The molecule has 3 nitrogen and oxygen atoms in total. The van der Waals surface area contributed by atoms with Crippen LogP contribution in [-0.2, 0) is 6.18 Å². The Morgan fingerprint density at radius 3 is 2.00 bits per heavy atom. The van der Waals surface area contributed by atoms with Gasteiger partial charge in [-0.15, -0.1) is 0 Å². The minimum absolute atomic E-state index is 0.214. The monoisotopic (exact) mass is 255 g/mol. The third-order valence-corrected chi connectivity index (χ3v) is 2.07. The Morgan fingerprint density at radius 1 is 1.20 bits per heavy atom. The van der Waals surface area contributed by atoms with Gasteiger partial charge in [0.1, 0.15) is 0 Å². The van der Waals surface area contributed by atoms with Crippen molar-refractivity contribution in [1.82, 2.24) is 0 Å². The highest BCUT2D eigenvalue weighted by Gasteiger charge is 2.31. The average Bonchev–Trinajstić information content (AvgIpc) is 2.09. The molecule has 1 aromatic carbocycles. The fourth-order valence-corrected chi connectivity index (χ4v) is 1.43. The predicted molar refractivity (Wildman–Crippen MR) is 50.3 cm³/mol. The first-order valence-electron chi connectivity index (χ1n) is 3.47. The van der Waals surface area contributed by atoms with Gasteiger partial charge in [-0.2, -0.15) is 13.2 Å². The summed E-state index contributed by atoms with van der Waals surface area (Å²) in [5, 5.41) is 2.40. The van der Waals surface area contributed by atoms with Crippen LogP contribution in [0.1, 0.15) is 5.56 Å². The zero-order valence-electron chi connectivity index (χ0n) is 6.89. The third kappa shape index (κ3) is 2.68. The summed E-state index contributed by atoms with van der Waals surface area (Å²) < 4.78 is 36.7. The lowest BCUT2D eigenvalue weighted by atomic mass is 10.2. The summed E-state index contributed by atoms with van der Waals surface area (Å²) in [4.78, 5) is 2.39. The maximum absolute atomic E-state index is 12.2. The van der Waals surface area contributed by atoms with E-state index in [0.717, 1.165) is 0 Å². The van der Waals surface area contributed by atoms with E-state index in [1.165, 1.54) is 0 Å². The average molecular weight is 256 g/mol. The van der Waals surface area contributed by atoms with Crippen molar-refractivity contribution in [2.75, 3.05) is 0 Å². The van der Waals surface area contributed by atoms with Crippen molar-refractivity contribution < 1.29 is 13.2 Å². The van der Waals surface area contributed by atoms with Crippen LogP contribution in [0.15, 0.2) is 17.2 Å². The standard InChI is InChI=1S/C7H2Cl2F3N3/c8-4-1-3(7(10,11)12)2-5(9)6(4)14-15-13/h1-2H. The van der Waals surface area contributed by atoms with Gasteiger partial charge in [0.25, 0.3) is 0 Å². The molecule has 0 aliphatic carbocycles. The predicted octanol–water partition coefficient (Wildman–Crippen LogP) is 4.95. The van der Waals surface area contributed by atoms with Gasteiger partial charge in [-0.1, -0.05) is 28.3 Å². The Labute approximate surface area is 92.0 Å². The molecule has 0 bridgehead atoms. The van der Waals surface area contributed by atoms with Crippen LogP contribution in [0.4, 0.5) is 18.9 Å². The molecule has 0 unspecified atom stereocenters. The Kier molecular flexibility index (Phi) is 3.34. The molecule has 0 aliphatic heterocycles. The van der Waals surface area contributed by atoms with Crippen molar-refractivity contribution in [3.05, 3.63) is 38.2 Å². The molecule has 80 valence electrons. The van der Waals surface area contributed by atoms with E-state index in [2.05, 4.69) is 10.0 Å². The van der Waals surface area contributed by atoms with Crippen LogP contribution in [-0.4, -0.2) is 0 Å². The molecule has 0 saturated carbocycles. The highest BCUT2D eigenvalue weighted by molar-refractivity contribution is 6.38. The number of hydrogen-bond donors (Lipinski definition) is 0. The zero-order chi connectivity index (χ0) is 11.6. The lowest BCUT2D eigenvalue weighted by Gasteiger charge is -2.09. The molecule has 1 aromatic rings. The summed E-state index contributed by atoms with van der Waals surface area (Å²) in [5.74, 6) is 0.